The molecule has 1 aromatic carbocycles. The smallest absolute Gasteiger partial charge is 0.306 e. The molecule has 5 heteroatoms. The van der Waals surface area contributed by atoms with Gasteiger partial charge in [-0.25, -0.2) is 0 Å². The van der Waals surface area contributed by atoms with Crippen molar-refractivity contribution in [2.75, 3.05) is 18.4 Å². The molecule has 2 N–H and O–H groups in total. The molecule has 0 bridgehead atoms. The number of carbonyl (C=O) groups is 2. The highest BCUT2D eigenvalue weighted by Gasteiger charge is 2.17. The summed E-state index contributed by atoms with van der Waals surface area (Å²) in [5.41, 5.74) is 2.96. The van der Waals surface area contributed by atoms with Crippen molar-refractivity contribution in [2.24, 2.45) is 0 Å². The first-order valence-corrected chi connectivity index (χ1v) is 8.32. The highest BCUT2D eigenvalue weighted by Crippen LogP contribution is 2.19. The van der Waals surface area contributed by atoms with Crippen LogP contribution in [0, 0.1) is 13.8 Å². The Balaban J connectivity index is 1.69. The van der Waals surface area contributed by atoms with Crippen molar-refractivity contribution >= 4 is 17.6 Å². The van der Waals surface area contributed by atoms with Gasteiger partial charge in [-0.3, -0.25) is 9.59 Å². The summed E-state index contributed by atoms with van der Waals surface area (Å²) in [6, 6.07) is 5.91. The highest BCUT2D eigenvalue weighted by atomic mass is 16.5. The maximum atomic E-state index is 12.0. The number of esters is 1. The van der Waals surface area contributed by atoms with Gasteiger partial charge in [0.1, 0.15) is 6.10 Å². The molecular weight excluding hydrogens is 292 g/mol. The predicted molar refractivity (Wildman–Crippen MR) is 90.4 cm³/mol. The summed E-state index contributed by atoms with van der Waals surface area (Å²) < 4.78 is 5.40. The highest BCUT2D eigenvalue weighted by molar-refractivity contribution is 5.92. The van der Waals surface area contributed by atoms with E-state index in [0.717, 1.165) is 42.7 Å². The molecule has 0 aliphatic carbocycles. The molecule has 2 rings (SSSR count). The Labute approximate surface area is 137 Å². The fraction of sp³-hybridized carbons (Fsp3) is 0.556. The molecule has 1 atom stereocenters. The van der Waals surface area contributed by atoms with Crippen LogP contribution in [-0.4, -0.2) is 31.1 Å². The lowest BCUT2D eigenvalue weighted by Gasteiger charge is -2.22. The van der Waals surface area contributed by atoms with Crippen LogP contribution < -0.4 is 10.6 Å². The zero-order valence-electron chi connectivity index (χ0n) is 14.0. The summed E-state index contributed by atoms with van der Waals surface area (Å²) in [5.74, 6) is -0.270. The Bertz CT molecular complexity index is 531. The minimum absolute atomic E-state index is 0.0142. The lowest BCUT2D eigenvalue weighted by atomic mass is 10.1. The number of rotatable bonds is 6. The molecule has 0 radical (unpaired) electrons. The van der Waals surface area contributed by atoms with Crippen LogP contribution in [0.2, 0.25) is 0 Å². The Morgan fingerprint density at radius 3 is 2.65 bits per heavy atom. The lowest BCUT2D eigenvalue weighted by molar-refractivity contribution is -0.149. The van der Waals surface area contributed by atoms with E-state index in [4.69, 9.17) is 4.74 Å². The van der Waals surface area contributed by atoms with Crippen LogP contribution in [0.3, 0.4) is 0 Å². The van der Waals surface area contributed by atoms with E-state index < -0.39 is 0 Å². The van der Waals surface area contributed by atoms with Gasteiger partial charge >= 0.3 is 5.97 Å². The SMILES string of the molecule is Cc1cccc(C)c1NC(=O)CCCC(=O)OC1CCCNC1. The van der Waals surface area contributed by atoms with Gasteiger partial charge < -0.3 is 15.4 Å². The molecule has 1 unspecified atom stereocenters. The monoisotopic (exact) mass is 318 g/mol. The number of hydrogen-bond donors (Lipinski definition) is 2. The molecule has 1 aromatic rings. The topological polar surface area (TPSA) is 67.4 Å². The molecule has 5 nitrogen and oxygen atoms in total. The molecule has 1 heterocycles. The third kappa shape index (κ3) is 5.67. The molecule has 1 aliphatic rings. The number of aryl methyl sites for hydroxylation is 2. The average molecular weight is 318 g/mol. The maximum Gasteiger partial charge on any atom is 0.306 e. The van der Waals surface area contributed by atoms with Crippen LogP contribution in [0.25, 0.3) is 0 Å². The van der Waals surface area contributed by atoms with Crippen molar-refractivity contribution in [1.29, 1.82) is 0 Å². The fourth-order valence-corrected chi connectivity index (χ4v) is 2.77. The number of benzene rings is 1. The van der Waals surface area contributed by atoms with E-state index in [9.17, 15) is 9.59 Å². The first-order valence-electron chi connectivity index (χ1n) is 8.32. The maximum absolute atomic E-state index is 12.0. The number of hydrogen-bond acceptors (Lipinski definition) is 4. The first-order chi connectivity index (χ1) is 11.1. The fourth-order valence-electron chi connectivity index (χ4n) is 2.77. The van der Waals surface area contributed by atoms with Crippen molar-refractivity contribution in [3.63, 3.8) is 0 Å². The third-order valence-electron chi connectivity index (χ3n) is 4.08. The summed E-state index contributed by atoms with van der Waals surface area (Å²) in [4.78, 5) is 23.8. The number of nitrogens with one attached hydrogen (secondary N) is 2. The molecule has 23 heavy (non-hydrogen) atoms. The molecule has 0 saturated carbocycles. The Morgan fingerprint density at radius 2 is 2.00 bits per heavy atom. The van der Waals surface area contributed by atoms with Crippen molar-refractivity contribution < 1.29 is 14.3 Å². The summed E-state index contributed by atoms with van der Waals surface area (Å²) in [7, 11) is 0. The van der Waals surface area contributed by atoms with E-state index in [1.807, 2.05) is 32.0 Å². The summed E-state index contributed by atoms with van der Waals surface area (Å²) in [6.45, 7) is 5.67. The number of anilines is 1. The molecular formula is C18H26N2O3. The van der Waals surface area contributed by atoms with Crippen molar-refractivity contribution in [2.45, 2.75) is 52.1 Å². The van der Waals surface area contributed by atoms with Crippen LogP contribution in [0.1, 0.15) is 43.2 Å². The predicted octanol–water partition coefficient (Wildman–Crippen LogP) is 2.71. The van der Waals surface area contributed by atoms with E-state index in [1.165, 1.54) is 0 Å². The Morgan fingerprint density at radius 1 is 1.26 bits per heavy atom. The van der Waals surface area contributed by atoms with E-state index >= 15 is 0 Å². The second-order valence-corrected chi connectivity index (χ2v) is 6.13. The van der Waals surface area contributed by atoms with Gasteiger partial charge in [0.15, 0.2) is 0 Å². The minimum Gasteiger partial charge on any atom is -0.461 e. The zero-order valence-corrected chi connectivity index (χ0v) is 14.0. The van der Waals surface area contributed by atoms with Crippen LogP contribution >= 0.6 is 0 Å². The van der Waals surface area contributed by atoms with Crippen molar-refractivity contribution in [3.8, 4) is 0 Å². The second kappa shape index (κ2) is 8.67. The number of carbonyl (C=O) groups excluding carboxylic acids is 2. The third-order valence-corrected chi connectivity index (χ3v) is 4.08. The molecule has 1 saturated heterocycles. The summed E-state index contributed by atoms with van der Waals surface area (Å²) >= 11 is 0. The largest absolute Gasteiger partial charge is 0.461 e. The second-order valence-electron chi connectivity index (χ2n) is 6.13. The summed E-state index contributed by atoms with van der Waals surface area (Å²) in [6.07, 6.45) is 3.07. The average Bonchev–Trinajstić information content (AvgIpc) is 2.52. The standard InChI is InChI=1S/C18H26N2O3/c1-13-6-3-7-14(2)18(13)20-16(21)9-4-10-17(22)23-15-8-5-11-19-12-15/h3,6-7,15,19H,4-5,8-12H2,1-2H3,(H,20,21). The van der Waals surface area contributed by atoms with E-state index in [0.29, 0.717) is 12.8 Å². The van der Waals surface area contributed by atoms with Gasteiger partial charge in [-0.05, 0) is 50.8 Å². The molecule has 0 aromatic heterocycles. The Hall–Kier alpha value is -1.88. The number of amides is 1. The van der Waals surface area contributed by atoms with Crippen LogP contribution in [0.15, 0.2) is 18.2 Å². The van der Waals surface area contributed by atoms with Crippen LogP contribution in [-0.2, 0) is 14.3 Å². The van der Waals surface area contributed by atoms with Crippen molar-refractivity contribution in [1.82, 2.24) is 5.32 Å². The van der Waals surface area contributed by atoms with Crippen LogP contribution in [0.5, 0.6) is 0 Å². The number of piperidine rings is 1. The van der Waals surface area contributed by atoms with Gasteiger partial charge in [0.25, 0.3) is 0 Å². The van der Waals surface area contributed by atoms with Gasteiger partial charge in [0.05, 0.1) is 0 Å². The van der Waals surface area contributed by atoms with Gasteiger partial charge in [-0.2, -0.15) is 0 Å². The quantitative estimate of drug-likeness (QED) is 0.791. The summed E-state index contributed by atoms with van der Waals surface area (Å²) in [5, 5.41) is 6.14. The number of ether oxygens (including phenoxy) is 1. The van der Waals surface area contributed by atoms with Gasteiger partial charge in [-0.1, -0.05) is 18.2 Å². The molecule has 0 spiro atoms. The minimum atomic E-state index is -0.210. The molecule has 1 fully saturated rings. The molecule has 126 valence electrons. The van der Waals surface area contributed by atoms with Crippen LogP contribution in [0.4, 0.5) is 5.69 Å². The van der Waals surface area contributed by atoms with E-state index in [-0.39, 0.29) is 24.4 Å². The first kappa shape index (κ1) is 17.5. The van der Waals surface area contributed by atoms with Crippen molar-refractivity contribution in [3.05, 3.63) is 29.3 Å². The van der Waals surface area contributed by atoms with Gasteiger partial charge in [0, 0.05) is 25.1 Å². The van der Waals surface area contributed by atoms with E-state index in [1.54, 1.807) is 0 Å². The van der Waals surface area contributed by atoms with Gasteiger partial charge in [0.2, 0.25) is 5.91 Å². The van der Waals surface area contributed by atoms with E-state index in [2.05, 4.69) is 10.6 Å². The van der Waals surface area contributed by atoms with Gasteiger partial charge in [-0.15, -0.1) is 0 Å². The lowest BCUT2D eigenvalue weighted by Crippen LogP contribution is -2.36. The molecule has 1 aliphatic heterocycles. The normalized spacial score (nSPS) is 17.6. The Kier molecular flexibility index (Phi) is 6.59. The molecule has 1 amide bonds. The number of para-hydroxylation sites is 1. The zero-order chi connectivity index (χ0) is 16.7.